The fourth-order valence-electron chi connectivity index (χ4n) is 0.983. The summed E-state index contributed by atoms with van der Waals surface area (Å²) in [5.74, 6) is 0. The summed E-state index contributed by atoms with van der Waals surface area (Å²) in [5, 5.41) is 0.648. The third-order valence-corrected chi connectivity index (χ3v) is 2.36. The minimum absolute atomic E-state index is 0.648. The van der Waals surface area contributed by atoms with Gasteiger partial charge in [-0.3, -0.25) is 0 Å². The molecule has 3 heteroatoms. The van der Waals surface area contributed by atoms with E-state index in [-0.39, 0.29) is 0 Å². The van der Waals surface area contributed by atoms with Crippen LogP contribution < -0.4 is 11.2 Å². The predicted molar refractivity (Wildman–Crippen MR) is 48.9 cm³/mol. The molecule has 1 nitrogen and oxygen atoms in total. The van der Waals surface area contributed by atoms with Crippen LogP contribution in [0.4, 0.5) is 5.69 Å². The normalized spacial score (nSPS) is 10.2. The smallest absolute Gasteiger partial charge is 0.130 e. The minimum Gasteiger partial charge on any atom is -0.325 e. The van der Waals surface area contributed by atoms with E-state index >= 15 is 0 Å². The van der Waals surface area contributed by atoms with E-state index in [1.54, 1.807) is 0 Å². The molecule has 0 aliphatic heterocycles. The van der Waals surface area contributed by atoms with Gasteiger partial charge in [-0.25, -0.2) is 0 Å². The van der Waals surface area contributed by atoms with Crippen molar-refractivity contribution in [2.75, 3.05) is 0 Å². The fraction of sp³-hybridized carbons (Fsp3) is 0.250. The maximum Gasteiger partial charge on any atom is 0.130 e. The summed E-state index contributed by atoms with van der Waals surface area (Å²) >= 11 is 5.90. The molecule has 1 aromatic carbocycles. The third-order valence-electron chi connectivity index (χ3n) is 1.86. The van der Waals surface area contributed by atoms with Gasteiger partial charge in [-0.1, -0.05) is 17.1 Å². The number of rotatable bonds is 0. The molecule has 0 aliphatic rings. The summed E-state index contributed by atoms with van der Waals surface area (Å²) < 4.78 is 0. The molecule has 0 saturated carbocycles. The second-order valence-electron chi connectivity index (χ2n) is 2.71. The second-order valence-corrected chi connectivity index (χ2v) is 3.08. The van der Waals surface area contributed by atoms with Gasteiger partial charge >= 0.3 is 0 Å². The summed E-state index contributed by atoms with van der Waals surface area (Å²) in [7, 11) is 5.71. The van der Waals surface area contributed by atoms with Crippen LogP contribution in [0.1, 0.15) is 11.1 Å². The van der Waals surface area contributed by atoms with Crippen molar-refractivity contribution in [3.05, 3.63) is 22.2 Å². The lowest BCUT2D eigenvalue weighted by Crippen LogP contribution is -2.42. The highest BCUT2D eigenvalue weighted by Crippen LogP contribution is 2.17. The molecule has 3 N–H and O–H groups in total. The van der Waals surface area contributed by atoms with Crippen molar-refractivity contribution in [1.29, 1.82) is 0 Å². The molecule has 0 unspecified atom stereocenters. The van der Waals surface area contributed by atoms with E-state index in [0.29, 0.717) is 10.5 Å². The molecule has 0 saturated heterocycles. The van der Waals surface area contributed by atoms with Crippen molar-refractivity contribution >= 4 is 30.6 Å². The molecule has 0 aromatic heterocycles. The Morgan fingerprint density at radius 3 is 2.55 bits per heavy atom. The van der Waals surface area contributed by atoms with Crippen LogP contribution in [0.5, 0.6) is 0 Å². The lowest BCUT2D eigenvalue weighted by Gasteiger charge is -2.06. The molecule has 56 valence electrons. The lowest BCUT2D eigenvalue weighted by atomic mass is 9.88. The lowest BCUT2D eigenvalue weighted by molar-refractivity contribution is -0.255. The summed E-state index contributed by atoms with van der Waals surface area (Å²) in [6.07, 6.45) is 0. The van der Waals surface area contributed by atoms with Crippen LogP contribution in [0.2, 0.25) is 5.02 Å². The van der Waals surface area contributed by atoms with Crippen molar-refractivity contribution in [2.24, 2.45) is 0 Å². The van der Waals surface area contributed by atoms with Gasteiger partial charge in [-0.2, -0.15) is 0 Å². The van der Waals surface area contributed by atoms with Crippen LogP contribution >= 0.6 is 11.6 Å². The standard InChI is InChI=1S/C8H9BClN/c1-4-3-6(11)5(2)7(9)8(4)10/h3H,11H2,1-2H3/p+1. The molecule has 0 bridgehead atoms. The van der Waals surface area contributed by atoms with Gasteiger partial charge in [-0.15, -0.1) is 0 Å². The Kier molecular flexibility index (Phi) is 2.26. The van der Waals surface area contributed by atoms with E-state index in [4.69, 9.17) is 19.4 Å². The zero-order chi connectivity index (χ0) is 8.59. The topological polar surface area (TPSA) is 27.6 Å². The molecule has 0 fully saturated rings. The number of hydrogen-bond acceptors (Lipinski definition) is 0. The van der Waals surface area contributed by atoms with E-state index < -0.39 is 0 Å². The largest absolute Gasteiger partial charge is 0.325 e. The predicted octanol–water partition coefficient (Wildman–Crippen LogP) is 0.624. The SMILES string of the molecule is [B]c1c(C)c([NH3+])cc(C)c1Cl. The number of quaternary nitrogens is 1. The van der Waals surface area contributed by atoms with Gasteiger partial charge in [0.1, 0.15) is 13.5 Å². The first kappa shape index (κ1) is 8.63. The highest BCUT2D eigenvalue weighted by atomic mass is 35.5. The molecule has 0 aliphatic carbocycles. The molecule has 2 radical (unpaired) electrons. The molecule has 0 amide bonds. The molecular weight excluding hydrogens is 156 g/mol. The number of hydrogen-bond donors (Lipinski definition) is 1. The maximum atomic E-state index is 5.90. The van der Waals surface area contributed by atoms with Gasteiger partial charge in [0.25, 0.3) is 0 Å². The molecular formula is C8H10BClN+. The summed E-state index contributed by atoms with van der Waals surface area (Å²) in [6, 6.07) is 1.94. The van der Waals surface area contributed by atoms with Crippen LogP contribution in [0.3, 0.4) is 0 Å². The monoisotopic (exact) mass is 166 g/mol. The highest BCUT2D eigenvalue weighted by molar-refractivity contribution is 6.46. The van der Waals surface area contributed by atoms with Crippen LogP contribution in [-0.2, 0) is 0 Å². The number of aryl methyl sites for hydroxylation is 1. The first-order valence-electron chi connectivity index (χ1n) is 3.41. The van der Waals surface area contributed by atoms with E-state index in [9.17, 15) is 0 Å². The van der Waals surface area contributed by atoms with Crippen LogP contribution in [0, 0.1) is 13.8 Å². The molecule has 0 atom stereocenters. The number of halogens is 1. The van der Waals surface area contributed by atoms with Crippen LogP contribution in [-0.4, -0.2) is 7.85 Å². The molecule has 11 heavy (non-hydrogen) atoms. The average Bonchev–Trinajstić information content (AvgIpc) is 1.97. The Bertz CT molecular complexity index is 270. The van der Waals surface area contributed by atoms with Crippen molar-refractivity contribution in [2.45, 2.75) is 13.8 Å². The Hall–Kier alpha value is -0.465. The van der Waals surface area contributed by atoms with Gasteiger partial charge < -0.3 is 5.73 Å². The van der Waals surface area contributed by atoms with Crippen molar-refractivity contribution in [1.82, 2.24) is 0 Å². The highest BCUT2D eigenvalue weighted by Gasteiger charge is 2.06. The zero-order valence-corrected chi connectivity index (χ0v) is 7.50. The van der Waals surface area contributed by atoms with E-state index in [1.807, 2.05) is 19.9 Å². The summed E-state index contributed by atoms with van der Waals surface area (Å²) in [4.78, 5) is 0. The Balaban J connectivity index is 3.46. The second kappa shape index (κ2) is 2.88. The minimum atomic E-state index is 0.648. The van der Waals surface area contributed by atoms with E-state index in [1.165, 1.54) is 0 Å². The Morgan fingerprint density at radius 1 is 1.45 bits per heavy atom. The molecule has 1 rings (SSSR count). The van der Waals surface area contributed by atoms with Crippen molar-refractivity contribution in [3.63, 3.8) is 0 Å². The zero-order valence-electron chi connectivity index (χ0n) is 6.74. The fourth-order valence-corrected chi connectivity index (χ4v) is 1.18. The van der Waals surface area contributed by atoms with Gasteiger partial charge in [0.15, 0.2) is 0 Å². The third kappa shape index (κ3) is 1.42. The molecule has 0 spiro atoms. The van der Waals surface area contributed by atoms with Gasteiger partial charge in [0, 0.05) is 16.7 Å². The molecule has 1 aromatic rings. The first-order chi connectivity index (χ1) is 5.04. The van der Waals surface area contributed by atoms with Gasteiger partial charge in [0.2, 0.25) is 0 Å². The first-order valence-corrected chi connectivity index (χ1v) is 3.79. The summed E-state index contributed by atoms with van der Waals surface area (Å²) in [5.41, 5.74) is 7.40. The van der Waals surface area contributed by atoms with Gasteiger partial charge in [-0.05, 0) is 19.4 Å². The maximum absolute atomic E-state index is 5.90. The molecule has 0 heterocycles. The number of benzene rings is 1. The quantitative estimate of drug-likeness (QED) is 0.548. The van der Waals surface area contributed by atoms with Crippen molar-refractivity contribution < 1.29 is 5.73 Å². The van der Waals surface area contributed by atoms with E-state index in [2.05, 4.69) is 5.73 Å². The van der Waals surface area contributed by atoms with Crippen molar-refractivity contribution in [3.8, 4) is 0 Å². The van der Waals surface area contributed by atoms with Crippen LogP contribution in [0.25, 0.3) is 0 Å². The Morgan fingerprint density at radius 2 is 2.00 bits per heavy atom. The average molecular weight is 166 g/mol. The van der Waals surface area contributed by atoms with Crippen LogP contribution in [0.15, 0.2) is 6.07 Å². The summed E-state index contributed by atoms with van der Waals surface area (Å²) in [6.45, 7) is 3.84. The van der Waals surface area contributed by atoms with Gasteiger partial charge in [0.05, 0.1) is 0 Å². The Labute approximate surface area is 73.0 Å². The van der Waals surface area contributed by atoms with E-state index in [0.717, 1.165) is 16.8 Å².